The molecule has 0 amide bonds. The molecule has 0 bridgehead atoms. The van der Waals surface area contributed by atoms with Crippen molar-refractivity contribution in [2.24, 2.45) is 0 Å². The molecule has 1 aromatic carbocycles. The third-order valence-corrected chi connectivity index (χ3v) is 3.55. The molecule has 0 radical (unpaired) electrons. The molecule has 1 aliphatic rings. The zero-order chi connectivity index (χ0) is 13.8. The van der Waals surface area contributed by atoms with Crippen LogP contribution in [0.25, 0.3) is 0 Å². The van der Waals surface area contributed by atoms with Crippen molar-refractivity contribution in [1.82, 2.24) is 0 Å². The molecule has 1 unspecified atom stereocenters. The maximum absolute atomic E-state index is 12.5. The lowest BCUT2D eigenvalue weighted by Crippen LogP contribution is -2.24. The van der Waals surface area contributed by atoms with Crippen LogP contribution in [-0.2, 0) is 14.3 Å². The normalized spacial score (nSPS) is 17.5. The Bertz CT molecular complexity index is 519. The van der Waals surface area contributed by atoms with Crippen molar-refractivity contribution in [2.75, 3.05) is 7.11 Å². The van der Waals surface area contributed by atoms with E-state index in [-0.39, 0.29) is 17.1 Å². The molecule has 1 aromatic rings. The third-order valence-electron chi connectivity index (χ3n) is 3.17. The van der Waals surface area contributed by atoms with E-state index in [1.807, 2.05) is 18.2 Å². The SMILES string of the molecule is COC(C(=O)C1=C(Cl)CCCC1=O)c1ccccc1. The van der Waals surface area contributed by atoms with E-state index >= 15 is 0 Å². The van der Waals surface area contributed by atoms with Crippen LogP contribution in [0.2, 0.25) is 0 Å². The van der Waals surface area contributed by atoms with Gasteiger partial charge in [-0.05, 0) is 18.4 Å². The topological polar surface area (TPSA) is 43.4 Å². The summed E-state index contributed by atoms with van der Waals surface area (Å²) in [6, 6.07) is 9.11. The molecule has 0 fully saturated rings. The molecule has 1 atom stereocenters. The van der Waals surface area contributed by atoms with E-state index in [0.717, 1.165) is 5.56 Å². The summed E-state index contributed by atoms with van der Waals surface area (Å²) in [4.78, 5) is 24.3. The van der Waals surface area contributed by atoms with E-state index in [2.05, 4.69) is 0 Å². The number of benzene rings is 1. The Kier molecular flexibility index (Phi) is 4.51. The summed E-state index contributed by atoms with van der Waals surface area (Å²) >= 11 is 6.04. The van der Waals surface area contributed by atoms with Gasteiger partial charge in [0.25, 0.3) is 0 Å². The highest BCUT2D eigenvalue weighted by atomic mass is 35.5. The van der Waals surface area contributed by atoms with E-state index in [9.17, 15) is 9.59 Å². The molecule has 0 N–H and O–H groups in total. The first-order valence-electron chi connectivity index (χ1n) is 6.19. The van der Waals surface area contributed by atoms with Crippen molar-refractivity contribution in [2.45, 2.75) is 25.4 Å². The van der Waals surface area contributed by atoms with Gasteiger partial charge in [-0.25, -0.2) is 0 Å². The number of carbonyl (C=O) groups is 2. The Morgan fingerprint density at radius 1 is 1.26 bits per heavy atom. The maximum atomic E-state index is 12.5. The first kappa shape index (κ1) is 14.0. The van der Waals surface area contributed by atoms with Gasteiger partial charge in [0.15, 0.2) is 5.78 Å². The van der Waals surface area contributed by atoms with Crippen LogP contribution in [0.3, 0.4) is 0 Å². The molecule has 100 valence electrons. The first-order valence-corrected chi connectivity index (χ1v) is 6.56. The fourth-order valence-electron chi connectivity index (χ4n) is 2.23. The Hall–Kier alpha value is -1.45. The Morgan fingerprint density at radius 3 is 2.53 bits per heavy atom. The molecule has 1 aliphatic carbocycles. The Morgan fingerprint density at radius 2 is 1.95 bits per heavy atom. The van der Waals surface area contributed by atoms with Crippen molar-refractivity contribution in [3.05, 3.63) is 46.5 Å². The largest absolute Gasteiger partial charge is 0.369 e. The first-order chi connectivity index (χ1) is 9.15. The quantitative estimate of drug-likeness (QED) is 0.795. The second-order valence-electron chi connectivity index (χ2n) is 4.45. The molecule has 19 heavy (non-hydrogen) atoms. The summed E-state index contributed by atoms with van der Waals surface area (Å²) in [5, 5.41) is 0.360. The molecular formula is C15H15ClO3. The third kappa shape index (κ3) is 2.94. The molecule has 4 heteroatoms. The molecule has 0 saturated heterocycles. The molecule has 0 aliphatic heterocycles. The molecule has 0 saturated carbocycles. The number of rotatable bonds is 4. The maximum Gasteiger partial charge on any atom is 0.200 e. The number of ketones is 2. The van der Waals surface area contributed by atoms with Crippen LogP contribution >= 0.6 is 11.6 Å². The number of halogens is 1. The van der Waals surface area contributed by atoms with Crippen molar-refractivity contribution in [3.8, 4) is 0 Å². The highest BCUT2D eigenvalue weighted by molar-refractivity contribution is 6.37. The second kappa shape index (κ2) is 6.13. The average molecular weight is 279 g/mol. The van der Waals surface area contributed by atoms with Gasteiger partial charge in [0, 0.05) is 18.6 Å². The lowest BCUT2D eigenvalue weighted by molar-refractivity contribution is -0.128. The van der Waals surface area contributed by atoms with Gasteiger partial charge < -0.3 is 4.74 Å². The van der Waals surface area contributed by atoms with Gasteiger partial charge in [0.05, 0.1) is 5.57 Å². The fourth-order valence-corrected chi connectivity index (χ4v) is 2.56. The molecule has 0 heterocycles. The lowest BCUT2D eigenvalue weighted by atomic mass is 9.90. The van der Waals surface area contributed by atoms with Gasteiger partial charge in [0.1, 0.15) is 6.10 Å². The zero-order valence-electron chi connectivity index (χ0n) is 10.7. The van der Waals surface area contributed by atoms with Crippen molar-refractivity contribution < 1.29 is 14.3 Å². The van der Waals surface area contributed by atoms with Crippen LogP contribution in [0.1, 0.15) is 30.9 Å². The lowest BCUT2D eigenvalue weighted by Gasteiger charge is -2.19. The number of Topliss-reactive ketones (excluding diaryl/α,β-unsaturated/α-hetero) is 2. The smallest absolute Gasteiger partial charge is 0.200 e. The van der Waals surface area contributed by atoms with Crippen LogP contribution in [-0.4, -0.2) is 18.7 Å². The van der Waals surface area contributed by atoms with Gasteiger partial charge in [0.2, 0.25) is 5.78 Å². The minimum Gasteiger partial charge on any atom is -0.369 e. The number of methoxy groups -OCH3 is 1. The van der Waals surface area contributed by atoms with E-state index in [0.29, 0.717) is 24.3 Å². The van der Waals surface area contributed by atoms with Gasteiger partial charge >= 0.3 is 0 Å². The monoisotopic (exact) mass is 278 g/mol. The van der Waals surface area contributed by atoms with Crippen LogP contribution in [0, 0.1) is 0 Å². The number of hydrogen-bond donors (Lipinski definition) is 0. The predicted molar refractivity (Wildman–Crippen MR) is 72.9 cm³/mol. The molecule has 0 aromatic heterocycles. The van der Waals surface area contributed by atoms with Gasteiger partial charge in [-0.1, -0.05) is 41.9 Å². The average Bonchev–Trinajstić information content (AvgIpc) is 2.40. The summed E-state index contributed by atoms with van der Waals surface area (Å²) in [7, 11) is 1.46. The van der Waals surface area contributed by atoms with Crippen molar-refractivity contribution in [3.63, 3.8) is 0 Å². The molecule has 3 nitrogen and oxygen atoms in total. The summed E-state index contributed by atoms with van der Waals surface area (Å²) in [5.74, 6) is -0.525. The highest BCUT2D eigenvalue weighted by Crippen LogP contribution is 2.30. The zero-order valence-corrected chi connectivity index (χ0v) is 11.4. The van der Waals surface area contributed by atoms with Crippen LogP contribution < -0.4 is 0 Å². The molecule has 2 rings (SSSR count). The van der Waals surface area contributed by atoms with Gasteiger partial charge in [-0.2, -0.15) is 0 Å². The van der Waals surface area contributed by atoms with Crippen molar-refractivity contribution >= 4 is 23.2 Å². The minimum atomic E-state index is -0.771. The van der Waals surface area contributed by atoms with Crippen LogP contribution in [0.5, 0.6) is 0 Å². The Labute approximate surface area is 117 Å². The van der Waals surface area contributed by atoms with E-state index in [4.69, 9.17) is 16.3 Å². The summed E-state index contributed by atoms with van der Waals surface area (Å²) in [6.07, 6.45) is 0.895. The van der Waals surface area contributed by atoms with E-state index < -0.39 is 6.10 Å². The van der Waals surface area contributed by atoms with Crippen molar-refractivity contribution in [1.29, 1.82) is 0 Å². The fraction of sp³-hybridized carbons (Fsp3) is 0.333. The van der Waals surface area contributed by atoms with Crippen LogP contribution in [0.15, 0.2) is 40.9 Å². The minimum absolute atomic E-state index is 0.114. The Balaban J connectivity index is 2.34. The molecular weight excluding hydrogens is 264 g/mol. The van der Waals surface area contributed by atoms with E-state index in [1.165, 1.54) is 7.11 Å². The summed E-state index contributed by atoms with van der Waals surface area (Å²) < 4.78 is 5.25. The second-order valence-corrected chi connectivity index (χ2v) is 4.90. The number of hydrogen-bond acceptors (Lipinski definition) is 3. The molecule has 0 spiro atoms. The standard InChI is InChI=1S/C15H15ClO3/c1-19-15(10-6-3-2-4-7-10)14(18)13-11(16)8-5-9-12(13)17/h2-4,6-7,15H,5,8-9H2,1H3. The van der Waals surface area contributed by atoms with E-state index in [1.54, 1.807) is 12.1 Å². The predicted octanol–water partition coefficient (Wildman–Crippen LogP) is 3.19. The summed E-state index contributed by atoms with van der Waals surface area (Å²) in [5.41, 5.74) is 0.842. The number of allylic oxidation sites excluding steroid dienone is 1. The highest BCUT2D eigenvalue weighted by Gasteiger charge is 2.31. The van der Waals surface area contributed by atoms with Gasteiger partial charge in [-0.15, -0.1) is 0 Å². The number of ether oxygens (including phenoxy) is 1. The van der Waals surface area contributed by atoms with Gasteiger partial charge in [-0.3, -0.25) is 9.59 Å². The number of carbonyl (C=O) groups excluding carboxylic acids is 2. The summed E-state index contributed by atoms with van der Waals surface area (Å²) in [6.45, 7) is 0. The van der Waals surface area contributed by atoms with Crippen LogP contribution in [0.4, 0.5) is 0 Å².